The average molecular weight is 248 g/mol. The van der Waals surface area contributed by atoms with Gasteiger partial charge in [-0.05, 0) is 13.8 Å². The molecule has 2 aromatic rings. The highest BCUT2D eigenvalue weighted by Crippen LogP contribution is 2.11. The van der Waals surface area contributed by atoms with Crippen LogP contribution in [0.3, 0.4) is 0 Å². The number of anilines is 1. The zero-order valence-electron chi connectivity index (χ0n) is 10.4. The topological polar surface area (TPSA) is 102 Å². The maximum Gasteiger partial charge on any atom is 0.271 e. The summed E-state index contributed by atoms with van der Waals surface area (Å²) in [6.45, 7) is 4.82. The van der Waals surface area contributed by atoms with Crippen molar-refractivity contribution in [3.8, 4) is 0 Å². The molecule has 2 rings (SSSR count). The van der Waals surface area contributed by atoms with E-state index >= 15 is 0 Å². The van der Waals surface area contributed by atoms with Crippen LogP contribution in [0.1, 0.15) is 28.7 Å². The smallest absolute Gasteiger partial charge is 0.271 e. The van der Waals surface area contributed by atoms with Gasteiger partial charge in [0.15, 0.2) is 0 Å². The first-order valence-corrected chi connectivity index (χ1v) is 5.71. The van der Waals surface area contributed by atoms with Crippen molar-refractivity contribution < 1.29 is 4.79 Å². The first kappa shape index (κ1) is 12.2. The SMILES string of the molecule is CCn1ncc(N)c1C(=O)NCc1cn[nH]c1C. The summed E-state index contributed by atoms with van der Waals surface area (Å²) in [5.74, 6) is -0.229. The number of aromatic nitrogens is 4. The molecule has 0 aromatic carbocycles. The Labute approximate surface area is 104 Å². The van der Waals surface area contributed by atoms with E-state index in [0.29, 0.717) is 24.5 Å². The van der Waals surface area contributed by atoms with Gasteiger partial charge in [-0.3, -0.25) is 14.6 Å². The summed E-state index contributed by atoms with van der Waals surface area (Å²) in [5.41, 5.74) is 8.41. The molecule has 0 saturated heterocycles. The lowest BCUT2D eigenvalue weighted by Crippen LogP contribution is -2.26. The quantitative estimate of drug-likeness (QED) is 0.731. The molecule has 0 aliphatic carbocycles. The van der Waals surface area contributed by atoms with Crippen LogP contribution in [-0.4, -0.2) is 25.9 Å². The average Bonchev–Trinajstić information content (AvgIpc) is 2.92. The van der Waals surface area contributed by atoms with Gasteiger partial charge in [0.2, 0.25) is 0 Å². The molecule has 0 saturated carbocycles. The predicted molar refractivity (Wildman–Crippen MR) is 66.8 cm³/mol. The summed E-state index contributed by atoms with van der Waals surface area (Å²) in [4.78, 5) is 12.0. The Bertz CT molecular complexity index is 556. The zero-order chi connectivity index (χ0) is 13.1. The van der Waals surface area contributed by atoms with Crippen LogP contribution in [0.2, 0.25) is 0 Å². The fourth-order valence-corrected chi connectivity index (χ4v) is 1.70. The van der Waals surface area contributed by atoms with Gasteiger partial charge in [0.05, 0.1) is 18.1 Å². The molecule has 0 fully saturated rings. The molecule has 0 radical (unpaired) electrons. The fraction of sp³-hybridized carbons (Fsp3) is 0.364. The lowest BCUT2D eigenvalue weighted by Gasteiger charge is -2.07. The maximum atomic E-state index is 12.0. The van der Waals surface area contributed by atoms with Crippen LogP contribution >= 0.6 is 0 Å². The maximum absolute atomic E-state index is 12.0. The molecule has 0 aliphatic rings. The molecule has 0 unspecified atom stereocenters. The second-order valence-electron chi connectivity index (χ2n) is 3.97. The molecule has 1 amide bonds. The Morgan fingerprint density at radius 1 is 1.56 bits per heavy atom. The summed E-state index contributed by atoms with van der Waals surface area (Å²) < 4.78 is 1.58. The number of nitrogens with one attached hydrogen (secondary N) is 2. The standard InChI is InChI=1S/C11H16N6O/c1-3-17-10(9(12)6-15-17)11(18)13-4-8-5-14-16-7(8)2/h5-6H,3-4,12H2,1-2H3,(H,13,18)(H,14,16). The molecule has 0 atom stereocenters. The molecular weight excluding hydrogens is 232 g/mol. The highest BCUT2D eigenvalue weighted by molar-refractivity contribution is 5.97. The lowest BCUT2D eigenvalue weighted by molar-refractivity contribution is 0.0941. The molecule has 18 heavy (non-hydrogen) atoms. The summed E-state index contributed by atoms with van der Waals surface area (Å²) >= 11 is 0. The number of amides is 1. The molecule has 0 spiro atoms. The van der Waals surface area contributed by atoms with Crippen molar-refractivity contribution in [3.05, 3.63) is 29.3 Å². The van der Waals surface area contributed by atoms with E-state index in [1.54, 1.807) is 10.9 Å². The normalized spacial score (nSPS) is 10.6. The molecule has 96 valence electrons. The Balaban J connectivity index is 2.08. The molecule has 4 N–H and O–H groups in total. The third-order valence-corrected chi connectivity index (χ3v) is 2.76. The third kappa shape index (κ3) is 2.20. The van der Waals surface area contributed by atoms with Crippen LogP contribution in [0.15, 0.2) is 12.4 Å². The van der Waals surface area contributed by atoms with Crippen molar-refractivity contribution in [3.63, 3.8) is 0 Å². The first-order chi connectivity index (χ1) is 8.63. The van der Waals surface area contributed by atoms with E-state index in [1.165, 1.54) is 6.20 Å². The Morgan fingerprint density at radius 2 is 2.33 bits per heavy atom. The number of H-pyrrole nitrogens is 1. The minimum atomic E-state index is -0.229. The van der Waals surface area contributed by atoms with Gasteiger partial charge in [-0.2, -0.15) is 10.2 Å². The second kappa shape index (κ2) is 4.91. The molecule has 2 aromatic heterocycles. The monoisotopic (exact) mass is 248 g/mol. The van der Waals surface area contributed by atoms with Gasteiger partial charge >= 0.3 is 0 Å². The Morgan fingerprint density at radius 3 is 2.94 bits per heavy atom. The van der Waals surface area contributed by atoms with Crippen molar-refractivity contribution in [2.45, 2.75) is 26.9 Å². The second-order valence-corrected chi connectivity index (χ2v) is 3.97. The summed E-state index contributed by atoms with van der Waals surface area (Å²) in [6, 6.07) is 0. The van der Waals surface area contributed by atoms with E-state index in [1.807, 2.05) is 13.8 Å². The summed E-state index contributed by atoms with van der Waals surface area (Å²) in [7, 11) is 0. The van der Waals surface area contributed by atoms with Gasteiger partial charge in [0.25, 0.3) is 5.91 Å². The first-order valence-electron chi connectivity index (χ1n) is 5.71. The van der Waals surface area contributed by atoms with E-state index in [-0.39, 0.29) is 5.91 Å². The van der Waals surface area contributed by atoms with Crippen molar-refractivity contribution in [1.82, 2.24) is 25.3 Å². The summed E-state index contributed by atoms with van der Waals surface area (Å²) in [6.07, 6.45) is 3.18. The lowest BCUT2D eigenvalue weighted by atomic mass is 10.2. The number of rotatable bonds is 4. The number of aryl methyl sites for hydroxylation is 2. The number of carbonyl (C=O) groups excluding carboxylic acids is 1. The van der Waals surface area contributed by atoms with Crippen LogP contribution in [0.5, 0.6) is 0 Å². The fourth-order valence-electron chi connectivity index (χ4n) is 1.70. The third-order valence-electron chi connectivity index (χ3n) is 2.76. The molecule has 7 heteroatoms. The van der Waals surface area contributed by atoms with Gasteiger partial charge in [-0.1, -0.05) is 0 Å². The Hall–Kier alpha value is -2.31. The van der Waals surface area contributed by atoms with Gasteiger partial charge in [0.1, 0.15) is 5.69 Å². The number of nitrogens with two attached hydrogens (primary N) is 1. The van der Waals surface area contributed by atoms with Crippen LogP contribution in [-0.2, 0) is 13.1 Å². The van der Waals surface area contributed by atoms with Crippen molar-refractivity contribution >= 4 is 11.6 Å². The van der Waals surface area contributed by atoms with Crippen molar-refractivity contribution in [1.29, 1.82) is 0 Å². The van der Waals surface area contributed by atoms with Gasteiger partial charge in [0, 0.05) is 24.3 Å². The van der Waals surface area contributed by atoms with E-state index in [0.717, 1.165) is 11.3 Å². The Kier molecular flexibility index (Phi) is 3.31. The molecule has 0 bridgehead atoms. The van der Waals surface area contributed by atoms with Gasteiger partial charge in [-0.25, -0.2) is 0 Å². The minimum absolute atomic E-state index is 0.229. The molecular formula is C11H16N6O. The van der Waals surface area contributed by atoms with Crippen LogP contribution < -0.4 is 11.1 Å². The predicted octanol–water partition coefficient (Wildman–Crippen LogP) is 0.447. The number of hydrogen-bond donors (Lipinski definition) is 3. The zero-order valence-corrected chi connectivity index (χ0v) is 10.4. The number of carbonyl (C=O) groups is 1. The minimum Gasteiger partial charge on any atom is -0.396 e. The van der Waals surface area contributed by atoms with Crippen molar-refractivity contribution in [2.24, 2.45) is 0 Å². The molecule has 0 aliphatic heterocycles. The van der Waals surface area contributed by atoms with Gasteiger partial charge in [-0.15, -0.1) is 0 Å². The number of aromatic amines is 1. The van der Waals surface area contributed by atoms with Gasteiger partial charge < -0.3 is 11.1 Å². The van der Waals surface area contributed by atoms with Crippen LogP contribution in [0.4, 0.5) is 5.69 Å². The summed E-state index contributed by atoms with van der Waals surface area (Å²) in [5, 5.41) is 13.5. The van der Waals surface area contributed by atoms with E-state index < -0.39 is 0 Å². The highest BCUT2D eigenvalue weighted by atomic mass is 16.2. The van der Waals surface area contributed by atoms with E-state index in [9.17, 15) is 4.79 Å². The molecule has 7 nitrogen and oxygen atoms in total. The highest BCUT2D eigenvalue weighted by Gasteiger charge is 2.16. The van der Waals surface area contributed by atoms with E-state index in [2.05, 4.69) is 20.6 Å². The van der Waals surface area contributed by atoms with Crippen LogP contribution in [0.25, 0.3) is 0 Å². The van der Waals surface area contributed by atoms with Crippen LogP contribution in [0, 0.1) is 6.92 Å². The molecule has 2 heterocycles. The number of nitrogens with zero attached hydrogens (tertiary/aromatic N) is 3. The van der Waals surface area contributed by atoms with E-state index in [4.69, 9.17) is 5.73 Å². The number of nitrogen functional groups attached to an aromatic ring is 1. The number of hydrogen-bond acceptors (Lipinski definition) is 4. The van der Waals surface area contributed by atoms with Crippen molar-refractivity contribution in [2.75, 3.05) is 5.73 Å². The largest absolute Gasteiger partial charge is 0.396 e.